The lowest BCUT2D eigenvalue weighted by Gasteiger charge is -2.35. The van der Waals surface area contributed by atoms with Gasteiger partial charge < -0.3 is 10.2 Å². The molecule has 0 bridgehead atoms. The maximum Gasteiger partial charge on any atom is 0.205 e. The minimum atomic E-state index is 0.627. The lowest BCUT2D eigenvalue weighted by atomic mass is 10.0. The molecule has 2 heterocycles. The van der Waals surface area contributed by atoms with Gasteiger partial charge in [-0.25, -0.2) is 4.98 Å². The number of aromatic nitrogens is 2. The minimum Gasteiger partial charge on any atom is -0.343 e. The molecule has 0 amide bonds. The molecule has 1 atom stereocenters. The monoisotopic (exact) mass is 238 g/mol. The Morgan fingerprint density at radius 2 is 2.31 bits per heavy atom. The predicted molar refractivity (Wildman–Crippen MR) is 65.9 cm³/mol. The Kier molecular flexibility index (Phi) is 3.06. The van der Waals surface area contributed by atoms with Gasteiger partial charge in [-0.3, -0.25) is 0 Å². The first kappa shape index (κ1) is 10.5. The van der Waals surface area contributed by atoms with E-state index >= 15 is 0 Å². The largest absolute Gasteiger partial charge is 0.343 e. The van der Waals surface area contributed by atoms with Crippen molar-refractivity contribution in [3.05, 3.63) is 6.33 Å². The van der Waals surface area contributed by atoms with Crippen molar-refractivity contribution in [3.63, 3.8) is 0 Å². The second-order valence-electron chi connectivity index (χ2n) is 4.75. The fourth-order valence-corrected chi connectivity index (χ4v) is 2.98. The average molecular weight is 238 g/mol. The van der Waals surface area contributed by atoms with Crippen LogP contribution >= 0.6 is 11.5 Å². The van der Waals surface area contributed by atoms with Gasteiger partial charge in [0.15, 0.2) is 0 Å². The number of nitrogens with one attached hydrogen (secondary N) is 1. The van der Waals surface area contributed by atoms with Crippen molar-refractivity contribution in [1.29, 1.82) is 0 Å². The SMILES string of the molecule is c1nsc(N2CCCCC2CNC2CC2)n1. The van der Waals surface area contributed by atoms with E-state index < -0.39 is 0 Å². The second kappa shape index (κ2) is 4.67. The minimum absolute atomic E-state index is 0.627. The third kappa shape index (κ3) is 2.35. The van der Waals surface area contributed by atoms with Gasteiger partial charge in [-0.2, -0.15) is 4.37 Å². The fourth-order valence-electron chi connectivity index (χ4n) is 2.35. The summed E-state index contributed by atoms with van der Waals surface area (Å²) in [5, 5.41) is 4.73. The van der Waals surface area contributed by atoms with E-state index in [-0.39, 0.29) is 0 Å². The van der Waals surface area contributed by atoms with Gasteiger partial charge in [0.1, 0.15) is 6.33 Å². The van der Waals surface area contributed by atoms with E-state index in [0.29, 0.717) is 6.04 Å². The Balaban J connectivity index is 1.63. The molecule has 0 spiro atoms. The van der Waals surface area contributed by atoms with Crippen LogP contribution in [0.25, 0.3) is 0 Å². The zero-order valence-electron chi connectivity index (χ0n) is 9.43. The highest BCUT2D eigenvalue weighted by atomic mass is 32.1. The molecule has 3 rings (SSSR count). The highest BCUT2D eigenvalue weighted by Crippen LogP contribution is 2.26. The first-order valence-electron chi connectivity index (χ1n) is 6.20. The van der Waals surface area contributed by atoms with E-state index in [1.165, 1.54) is 43.6 Å². The number of hydrogen-bond acceptors (Lipinski definition) is 5. The van der Waals surface area contributed by atoms with Gasteiger partial charge in [0.2, 0.25) is 5.13 Å². The summed E-state index contributed by atoms with van der Waals surface area (Å²) in [5.41, 5.74) is 0. The topological polar surface area (TPSA) is 41.1 Å². The molecule has 5 heteroatoms. The van der Waals surface area contributed by atoms with Crippen LogP contribution in [-0.4, -0.2) is 34.5 Å². The van der Waals surface area contributed by atoms with Crippen LogP contribution in [0.1, 0.15) is 32.1 Å². The van der Waals surface area contributed by atoms with E-state index in [0.717, 1.165) is 24.3 Å². The molecule has 1 aliphatic heterocycles. The summed E-state index contributed by atoms with van der Waals surface area (Å²) < 4.78 is 4.11. The standard InChI is InChI=1S/C11H18N4S/c1-2-6-15(11-13-8-14-16-11)10(3-1)7-12-9-4-5-9/h8-10,12H,1-7H2. The van der Waals surface area contributed by atoms with Crippen LogP contribution < -0.4 is 10.2 Å². The normalized spacial score (nSPS) is 26.0. The zero-order chi connectivity index (χ0) is 10.8. The summed E-state index contributed by atoms with van der Waals surface area (Å²) in [6, 6.07) is 1.43. The van der Waals surface area contributed by atoms with Gasteiger partial charge >= 0.3 is 0 Å². The summed E-state index contributed by atoms with van der Waals surface area (Å²) in [7, 11) is 0. The van der Waals surface area contributed by atoms with E-state index in [9.17, 15) is 0 Å². The average Bonchev–Trinajstić information content (AvgIpc) is 3.00. The molecule has 4 nitrogen and oxygen atoms in total. The quantitative estimate of drug-likeness (QED) is 0.866. The van der Waals surface area contributed by atoms with Crippen LogP contribution in [0.3, 0.4) is 0 Å². The molecule has 2 aliphatic rings. The fraction of sp³-hybridized carbons (Fsp3) is 0.818. The molecule has 1 aliphatic carbocycles. The zero-order valence-corrected chi connectivity index (χ0v) is 10.2. The number of rotatable bonds is 4. The van der Waals surface area contributed by atoms with E-state index in [4.69, 9.17) is 0 Å². The number of piperidine rings is 1. The maximum atomic E-state index is 4.34. The van der Waals surface area contributed by atoms with Crippen LogP contribution in [-0.2, 0) is 0 Å². The molecule has 1 N–H and O–H groups in total. The van der Waals surface area contributed by atoms with Crippen LogP contribution in [0.15, 0.2) is 6.33 Å². The Labute approximate surface area is 100 Å². The molecule has 1 aromatic heterocycles. The Morgan fingerprint density at radius 1 is 1.38 bits per heavy atom. The molecule has 1 aromatic rings. The molecule has 1 unspecified atom stereocenters. The van der Waals surface area contributed by atoms with Crippen LogP contribution in [0.5, 0.6) is 0 Å². The van der Waals surface area contributed by atoms with Gasteiger partial charge in [0.25, 0.3) is 0 Å². The van der Waals surface area contributed by atoms with Crippen molar-refractivity contribution in [1.82, 2.24) is 14.7 Å². The molecule has 1 saturated carbocycles. The molecule has 0 radical (unpaired) electrons. The number of nitrogens with zero attached hydrogens (tertiary/aromatic N) is 3. The molecule has 16 heavy (non-hydrogen) atoms. The number of hydrogen-bond donors (Lipinski definition) is 1. The predicted octanol–water partition coefficient (Wildman–Crippen LogP) is 1.65. The van der Waals surface area contributed by atoms with Gasteiger partial charge in [-0.15, -0.1) is 0 Å². The summed E-state index contributed by atoms with van der Waals surface area (Å²) in [5.74, 6) is 0. The van der Waals surface area contributed by atoms with E-state index in [2.05, 4.69) is 19.6 Å². The maximum absolute atomic E-state index is 4.34. The van der Waals surface area contributed by atoms with E-state index in [1.54, 1.807) is 6.33 Å². The van der Waals surface area contributed by atoms with Gasteiger partial charge in [0.05, 0.1) is 0 Å². The molecule has 0 aromatic carbocycles. The highest BCUT2D eigenvalue weighted by molar-refractivity contribution is 7.09. The van der Waals surface area contributed by atoms with E-state index in [1.807, 2.05) is 0 Å². The molecular weight excluding hydrogens is 220 g/mol. The van der Waals surface area contributed by atoms with Crippen molar-refractivity contribution in [2.45, 2.75) is 44.2 Å². The van der Waals surface area contributed by atoms with Crippen LogP contribution in [0.2, 0.25) is 0 Å². The van der Waals surface area contributed by atoms with Crippen LogP contribution in [0, 0.1) is 0 Å². The second-order valence-corrected chi connectivity index (χ2v) is 5.51. The van der Waals surface area contributed by atoms with Gasteiger partial charge in [-0.05, 0) is 32.1 Å². The third-order valence-corrected chi connectivity index (χ3v) is 4.14. The lowest BCUT2D eigenvalue weighted by molar-refractivity contribution is 0.434. The summed E-state index contributed by atoms with van der Waals surface area (Å²) in [4.78, 5) is 6.78. The summed E-state index contributed by atoms with van der Waals surface area (Å²) in [6.07, 6.45) is 8.34. The third-order valence-electron chi connectivity index (χ3n) is 3.44. The van der Waals surface area contributed by atoms with Gasteiger partial charge in [0, 0.05) is 36.7 Å². The Hall–Kier alpha value is -0.680. The van der Waals surface area contributed by atoms with Crippen LogP contribution in [0.4, 0.5) is 5.13 Å². The highest BCUT2D eigenvalue weighted by Gasteiger charge is 2.27. The number of anilines is 1. The van der Waals surface area contributed by atoms with Gasteiger partial charge in [-0.1, -0.05) is 0 Å². The van der Waals surface area contributed by atoms with Crippen molar-refractivity contribution in [3.8, 4) is 0 Å². The lowest BCUT2D eigenvalue weighted by Crippen LogP contribution is -2.46. The smallest absolute Gasteiger partial charge is 0.205 e. The Morgan fingerprint density at radius 3 is 3.06 bits per heavy atom. The summed E-state index contributed by atoms with van der Waals surface area (Å²) in [6.45, 7) is 2.26. The Bertz CT molecular complexity index is 323. The molecule has 2 fully saturated rings. The van der Waals surface area contributed by atoms with Crippen molar-refractivity contribution >= 4 is 16.7 Å². The van der Waals surface area contributed by atoms with Crippen molar-refractivity contribution in [2.75, 3.05) is 18.0 Å². The van der Waals surface area contributed by atoms with Crippen molar-refractivity contribution in [2.24, 2.45) is 0 Å². The first-order chi connectivity index (χ1) is 7.93. The molecular formula is C11H18N4S. The first-order valence-corrected chi connectivity index (χ1v) is 6.97. The van der Waals surface area contributed by atoms with Crippen molar-refractivity contribution < 1.29 is 0 Å². The summed E-state index contributed by atoms with van der Waals surface area (Å²) >= 11 is 1.52. The molecule has 1 saturated heterocycles. The molecule has 88 valence electrons.